The second kappa shape index (κ2) is 4.87. The van der Waals surface area contributed by atoms with Gasteiger partial charge in [-0.1, -0.05) is 0 Å². The van der Waals surface area contributed by atoms with Gasteiger partial charge in [0.05, 0.1) is 10.5 Å². The highest BCUT2D eigenvalue weighted by atomic mass is 16.7. The van der Waals surface area contributed by atoms with Crippen molar-refractivity contribution < 1.29 is 19.3 Å². The van der Waals surface area contributed by atoms with E-state index in [9.17, 15) is 19.7 Å². The van der Waals surface area contributed by atoms with Crippen molar-refractivity contribution in [2.75, 3.05) is 0 Å². The third-order valence-corrected chi connectivity index (χ3v) is 1.60. The summed E-state index contributed by atoms with van der Waals surface area (Å²) >= 11 is 0. The summed E-state index contributed by atoms with van der Waals surface area (Å²) in [6.07, 6.45) is 0. The number of amides is 1. The molecule has 0 atom stereocenters. The molecule has 0 saturated carbocycles. The summed E-state index contributed by atoms with van der Waals surface area (Å²) in [6.45, 7) is 1.18. The van der Waals surface area contributed by atoms with E-state index < -0.39 is 16.8 Å². The normalized spacial score (nSPS) is 9.31. The van der Waals surface area contributed by atoms with Crippen molar-refractivity contribution >= 4 is 17.6 Å². The molecule has 0 unspecified atom stereocenters. The van der Waals surface area contributed by atoms with E-state index in [1.165, 1.54) is 31.2 Å². The Hall–Kier alpha value is -2.44. The van der Waals surface area contributed by atoms with Crippen molar-refractivity contribution in [3.05, 3.63) is 39.9 Å². The lowest BCUT2D eigenvalue weighted by atomic mass is 10.2. The highest BCUT2D eigenvalue weighted by Crippen LogP contribution is 2.12. The van der Waals surface area contributed by atoms with Gasteiger partial charge in [0.2, 0.25) is 5.91 Å². The Labute approximate surface area is 90.1 Å². The lowest BCUT2D eigenvalue weighted by Gasteiger charge is -2.02. The third kappa shape index (κ3) is 3.05. The molecule has 0 heterocycles. The molecule has 0 bridgehead atoms. The van der Waals surface area contributed by atoms with Gasteiger partial charge in [-0.25, -0.2) is 4.79 Å². The Balaban J connectivity index is 2.70. The second-order valence-corrected chi connectivity index (χ2v) is 2.85. The van der Waals surface area contributed by atoms with Crippen LogP contribution in [0.25, 0.3) is 0 Å². The van der Waals surface area contributed by atoms with E-state index in [4.69, 9.17) is 0 Å². The molecule has 7 nitrogen and oxygen atoms in total. The standard InChI is InChI=1S/C9H8N2O5/c1-6(12)10-16-9(13)7-2-4-8(5-3-7)11(14)15/h2-5H,1H3,(H,10,12). The maximum Gasteiger partial charge on any atom is 0.362 e. The molecule has 0 radical (unpaired) electrons. The number of hydrogen-bond donors (Lipinski definition) is 1. The lowest BCUT2D eigenvalue weighted by Crippen LogP contribution is -2.24. The molecule has 0 aliphatic carbocycles. The largest absolute Gasteiger partial charge is 0.362 e. The average Bonchev–Trinajstić information content (AvgIpc) is 2.26. The molecule has 0 aliphatic heterocycles. The van der Waals surface area contributed by atoms with Gasteiger partial charge >= 0.3 is 5.97 Å². The summed E-state index contributed by atoms with van der Waals surface area (Å²) in [7, 11) is 0. The molecule has 0 spiro atoms. The summed E-state index contributed by atoms with van der Waals surface area (Å²) in [6, 6.07) is 4.82. The quantitative estimate of drug-likeness (QED) is 0.591. The molecule has 1 rings (SSSR count). The molecule has 0 saturated heterocycles. The van der Waals surface area contributed by atoms with Crippen molar-refractivity contribution in [2.24, 2.45) is 0 Å². The molecule has 0 aromatic heterocycles. The summed E-state index contributed by atoms with van der Waals surface area (Å²) in [5.41, 5.74) is 1.84. The smallest absolute Gasteiger partial charge is 0.335 e. The number of benzene rings is 1. The van der Waals surface area contributed by atoms with Crippen molar-refractivity contribution in [2.45, 2.75) is 6.92 Å². The molecule has 1 amide bonds. The Morgan fingerprint density at radius 2 is 1.88 bits per heavy atom. The van der Waals surface area contributed by atoms with Crippen LogP contribution >= 0.6 is 0 Å². The van der Waals surface area contributed by atoms with Crippen LogP contribution in [0.3, 0.4) is 0 Å². The van der Waals surface area contributed by atoms with Crippen LogP contribution < -0.4 is 5.48 Å². The van der Waals surface area contributed by atoms with Crippen LogP contribution in [0.4, 0.5) is 5.69 Å². The van der Waals surface area contributed by atoms with Crippen LogP contribution in [0, 0.1) is 10.1 Å². The van der Waals surface area contributed by atoms with Crippen molar-refractivity contribution in [3.63, 3.8) is 0 Å². The van der Waals surface area contributed by atoms with E-state index in [0.717, 1.165) is 0 Å². The predicted octanol–water partition coefficient (Wildman–Crippen LogP) is 0.803. The van der Waals surface area contributed by atoms with E-state index in [2.05, 4.69) is 4.84 Å². The summed E-state index contributed by atoms with van der Waals surface area (Å²) < 4.78 is 0. The number of carbonyl (C=O) groups excluding carboxylic acids is 2. The first kappa shape index (κ1) is 11.6. The number of nitro groups is 1. The lowest BCUT2D eigenvalue weighted by molar-refractivity contribution is -0.384. The van der Waals surface area contributed by atoms with Gasteiger partial charge < -0.3 is 4.84 Å². The zero-order valence-electron chi connectivity index (χ0n) is 8.30. The van der Waals surface area contributed by atoms with Crippen LogP contribution in [0.5, 0.6) is 0 Å². The molecule has 84 valence electrons. The maximum absolute atomic E-state index is 11.2. The Bertz CT molecular complexity index is 426. The molecule has 0 aliphatic rings. The molecular formula is C9H8N2O5. The van der Waals surface area contributed by atoms with E-state index >= 15 is 0 Å². The van der Waals surface area contributed by atoms with Gasteiger partial charge in [0.25, 0.3) is 5.69 Å². The number of nitrogens with one attached hydrogen (secondary N) is 1. The van der Waals surface area contributed by atoms with E-state index in [0.29, 0.717) is 0 Å². The first-order valence-corrected chi connectivity index (χ1v) is 4.23. The second-order valence-electron chi connectivity index (χ2n) is 2.85. The number of hydroxylamine groups is 1. The average molecular weight is 224 g/mol. The molecular weight excluding hydrogens is 216 g/mol. The van der Waals surface area contributed by atoms with Crippen LogP contribution in [0.15, 0.2) is 24.3 Å². The minimum absolute atomic E-state index is 0.111. The minimum atomic E-state index is -0.787. The van der Waals surface area contributed by atoms with Gasteiger partial charge in [-0.3, -0.25) is 14.9 Å². The van der Waals surface area contributed by atoms with Gasteiger partial charge in [0, 0.05) is 19.1 Å². The Kier molecular flexibility index (Phi) is 3.54. The zero-order valence-corrected chi connectivity index (χ0v) is 8.30. The number of nitro benzene ring substituents is 1. The maximum atomic E-state index is 11.2. The van der Waals surface area contributed by atoms with Gasteiger partial charge in [-0.2, -0.15) is 5.48 Å². The number of non-ortho nitro benzene ring substituents is 1. The minimum Gasteiger partial charge on any atom is -0.335 e. The molecule has 0 fully saturated rings. The van der Waals surface area contributed by atoms with Crippen LogP contribution in [0.2, 0.25) is 0 Å². The topological polar surface area (TPSA) is 98.5 Å². The first-order chi connectivity index (χ1) is 7.50. The third-order valence-electron chi connectivity index (χ3n) is 1.60. The van der Waals surface area contributed by atoms with Gasteiger partial charge in [0.15, 0.2) is 0 Å². The predicted molar refractivity (Wildman–Crippen MR) is 52.3 cm³/mol. The highest BCUT2D eigenvalue weighted by Gasteiger charge is 2.10. The van der Waals surface area contributed by atoms with E-state index in [1.54, 1.807) is 0 Å². The highest BCUT2D eigenvalue weighted by molar-refractivity contribution is 5.90. The van der Waals surface area contributed by atoms with Gasteiger partial charge in [-0.05, 0) is 12.1 Å². The fourth-order valence-corrected chi connectivity index (χ4v) is 0.896. The Morgan fingerprint density at radius 3 is 2.31 bits per heavy atom. The SMILES string of the molecule is CC(=O)NOC(=O)c1ccc([N+](=O)[O-])cc1. The fourth-order valence-electron chi connectivity index (χ4n) is 0.896. The number of carbonyl (C=O) groups is 2. The van der Waals surface area contributed by atoms with Crippen molar-refractivity contribution in [1.29, 1.82) is 0 Å². The zero-order chi connectivity index (χ0) is 12.1. The summed E-state index contributed by atoms with van der Waals surface area (Å²) in [5.74, 6) is -1.31. The number of hydrogen-bond acceptors (Lipinski definition) is 5. The monoisotopic (exact) mass is 224 g/mol. The molecule has 16 heavy (non-hydrogen) atoms. The molecule has 7 heteroatoms. The van der Waals surface area contributed by atoms with Gasteiger partial charge in [0.1, 0.15) is 0 Å². The van der Waals surface area contributed by atoms with Crippen molar-refractivity contribution in [3.8, 4) is 0 Å². The molecule has 1 aromatic carbocycles. The Morgan fingerprint density at radius 1 is 1.31 bits per heavy atom. The van der Waals surface area contributed by atoms with Crippen LogP contribution in [-0.2, 0) is 9.63 Å². The fraction of sp³-hybridized carbons (Fsp3) is 0.111. The number of rotatable bonds is 2. The van der Waals surface area contributed by atoms with Crippen LogP contribution in [-0.4, -0.2) is 16.8 Å². The van der Waals surface area contributed by atoms with E-state index in [1.807, 2.05) is 5.48 Å². The summed E-state index contributed by atoms with van der Waals surface area (Å²) in [5, 5.41) is 10.3. The molecule has 1 N–H and O–H groups in total. The van der Waals surface area contributed by atoms with Gasteiger partial charge in [-0.15, -0.1) is 0 Å². The van der Waals surface area contributed by atoms with Crippen LogP contribution in [0.1, 0.15) is 17.3 Å². The summed E-state index contributed by atoms with van der Waals surface area (Å²) in [4.78, 5) is 35.8. The molecule has 1 aromatic rings. The van der Waals surface area contributed by atoms with E-state index in [-0.39, 0.29) is 11.3 Å². The first-order valence-electron chi connectivity index (χ1n) is 4.23. The van der Waals surface area contributed by atoms with Crippen molar-refractivity contribution in [1.82, 2.24) is 5.48 Å². The number of nitrogens with zero attached hydrogens (tertiary/aromatic N) is 1.